The van der Waals surface area contributed by atoms with Crippen LogP contribution in [0.4, 0.5) is 4.39 Å². The number of hydroxylamine groups is 1. The number of benzene rings is 1. The monoisotopic (exact) mass is 330 g/mol. The number of carbonyl (C=O) groups is 1. The molecular weight excluding hydrogens is 311 g/mol. The first-order valence-electron chi connectivity index (χ1n) is 7.12. The number of nitrogens with zero attached hydrogens (tertiary/aromatic N) is 1. The summed E-state index contributed by atoms with van der Waals surface area (Å²) in [6.45, 7) is 2.18. The highest BCUT2D eigenvalue weighted by atomic mass is 32.2. The fourth-order valence-corrected chi connectivity index (χ4v) is 3.47. The van der Waals surface area contributed by atoms with Crippen LogP contribution in [0.5, 0.6) is 5.75 Å². The Kier molecular flexibility index (Phi) is 5.36. The lowest BCUT2D eigenvalue weighted by atomic mass is 9.99. The zero-order valence-corrected chi connectivity index (χ0v) is 13.1. The molecule has 0 bridgehead atoms. The van der Waals surface area contributed by atoms with Gasteiger partial charge in [-0.25, -0.2) is 17.1 Å². The van der Waals surface area contributed by atoms with Crippen molar-refractivity contribution in [2.24, 2.45) is 5.92 Å². The van der Waals surface area contributed by atoms with E-state index in [1.54, 1.807) is 6.92 Å². The van der Waals surface area contributed by atoms with E-state index in [9.17, 15) is 17.6 Å². The molecule has 1 saturated heterocycles. The highest BCUT2D eigenvalue weighted by molar-refractivity contribution is 7.89. The zero-order valence-electron chi connectivity index (χ0n) is 12.3. The van der Waals surface area contributed by atoms with E-state index in [0.29, 0.717) is 25.1 Å². The van der Waals surface area contributed by atoms with Gasteiger partial charge in [0.2, 0.25) is 10.0 Å². The Morgan fingerprint density at radius 1 is 1.41 bits per heavy atom. The molecule has 6 nitrogen and oxygen atoms in total. The Bertz CT molecular complexity index is 618. The topological polar surface area (TPSA) is 75.7 Å². The quantitative estimate of drug-likeness (QED) is 0.826. The summed E-state index contributed by atoms with van der Waals surface area (Å²) in [4.78, 5) is 17.2. The summed E-state index contributed by atoms with van der Waals surface area (Å²) in [6.07, 6.45) is 1.24. The maximum absolute atomic E-state index is 12.8. The van der Waals surface area contributed by atoms with Crippen LogP contribution < -0.4 is 10.3 Å². The van der Waals surface area contributed by atoms with Crippen LogP contribution >= 0.6 is 0 Å². The molecule has 1 aromatic rings. The lowest BCUT2D eigenvalue weighted by Gasteiger charge is -2.30. The molecule has 1 heterocycles. The van der Waals surface area contributed by atoms with Gasteiger partial charge in [0.1, 0.15) is 5.82 Å². The van der Waals surface area contributed by atoms with Gasteiger partial charge in [-0.3, -0.25) is 4.79 Å². The number of piperidine rings is 1. The predicted octanol–water partition coefficient (Wildman–Crippen LogP) is 1.30. The Labute approximate surface area is 129 Å². The van der Waals surface area contributed by atoms with E-state index in [1.165, 1.54) is 28.6 Å². The summed E-state index contributed by atoms with van der Waals surface area (Å²) in [5.41, 5.74) is 2.30. The van der Waals surface area contributed by atoms with Crippen molar-refractivity contribution in [2.75, 3.05) is 18.8 Å². The van der Waals surface area contributed by atoms with Crippen LogP contribution in [0.25, 0.3) is 0 Å². The Morgan fingerprint density at radius 3 is 2.73 bits per heavy atom. The summed E-state index contributed by atoms with van der Waals surface area (Å²) in [7, 11) is -3.29. The summed E-state index contributed by atoms with van der Waals surface area (Å²) in [5.74, 6) is -0.890. The van der Waals surface area contributed by atoms with Crippen molar-refractivity contribution in [1.82, 2.24) is 9.79 Å². The smallest absolute Gasteiger partial charge is 0.257 e. The molecule has 1 atom stereocenters. The Balaban J connectivity index is 1.90. The number of halogens is 1. The van der Waals surface area contributed by atoms with Crippen LogP contribution in [0, 0.1) is 11.7 Å². The summed E-state index contributed by atoms with van der Waals surface area (Å²) < 4.78 is 37.8. The summed E-state index contributed by atoms with van der Waals surface area (Å²) >= 11 is 0. The minimum atomic E-state index is -3.29. The fraction of sp³-hybridized carbons (Fsp3) is 0.500. The fourth-order valence-electron chi connectivity index (χ4n) is 2.29. The molecule has 0 radical (unpaired) electrons. The van der Waals surface area contributed by atoms with Crippen molar-refractivity contribution in [3.8, 4) is 5.75 Å². The molecule has 1 aromatic carbocycles. The minimum absolute atomic E-state index is 0.0212. The third-order valence-corrected chi connectivity index (χ3v) is 5.44. The Morgan fingerprint density at radius 2 is 2.09 bits per heavy atom. The second kappa shape index (κ2) is 7.06. The van der Waals surface area contributed by atoms with E-state index in [1.807, 2.05) is 0 Å². The molecule has 0 spiro atoms. The Hall–Kier alpha value is -1.67. The largest absolute Gasteiger partial charge is 0.380 e. The van der Waals surface area contributed by atoms with Crippen LogP contribution in [0.3, 0.4) is 0 Å². The maximum Gasteiger partial charge on any atom is 0.257 e. The molecule has 1 aliphatic heterocycles. The molecule has 0 aliphatic carbocycles. The van der Waals surface area contributed by atoms with Gasteiger partial charge in [0.25, 0.3) is 5.91 Å². The highest BCUT2D eigenvalue weighted by Gasteiger charge is 2.31. The molecular formula is C14H19FN2O4S. The van der Waals surface area contributed by atoms with E-state index in [2.05, 4.69) is 5.48 Å². The normalized spacial score (nSPS) is 19.6. The summed E-state index contributed by atoms with van der Waals surface area (Å²) in [5, 5.41) is 0. The molecule has 1 aliphatic rings. The van der Waals surface area contributed by atoms with Gasteiger partial charge in [-0.1, -0.05) is 0 Å². The molecule has 1 N–H and O–H groups in total. The molecule has 1 fully saturated rings. The van der Waals surface area contributed by atoms with E-state index in [-0.39, 0.29) is 18.2 Å². The number of carbonyl (C=O) groups excluding carboxylic acids is 1. The number of hydrogen-bond donors (Lipinski definition) is 1. The zero-order chi connectivity index (χ0) is 16.2. The van der Waals surface area contributed by atoms with Gasteiger partial charge in [0, 0.05) is 13.1 Å². The van der Waals surface area contributed by atoms with Gasteiger partial charge < -0.3 is 4.84 Å². The number of nitrogens with one attached hydrogen (secondary N) is 1. The lowest BCUT2D eigenvalue weighted by Crippen LogP contribution is -2.46. The van der Waals surface area contributed by atoms with Gasteiger partial charge in [0.15, 0.2) is 5.75 Å². The van der Waals surface area contributed by atoms with E-state index >= 15 is 0 Å². The number of hydrogen-bond acceptors (Lipinski definition) is 4. The molecule has 0 saturated carbocycles. The standard InChI is InChI=1S/C14H19FN2O4S/c1-2-22(19,20)17-9-3-4-11(10-17)14(18)16-21-13-7-5-12(15)6-8-13/h5-8,11H,2-4,9-10H2,1H3,(H,16,18). The molecule has 22 heavy (non-hydrogen) atoms. The lowest BCUT2D eigenvalue weighted by molar-refractivity contribution is -0.132. The third-order valence-electron chi connectivity index (χ3n) is 3.60. The SMILES string of the molecule is CCS(=O)(=O)N1CCCC(C(=O)NOc2ccc(F)cc2)C1. The number of sulfonamides is 1. The first kappa shape index (κ1) is 16.7. The van der Waals surface area contributed by atoms with Crippen molar-refractivity contribution in [3.63, 3.8) is 0 Å². The van der Waals surface area contributed by atoms with Crippen molar-refractivity contribution in [3.05, 3.63) is 30.1 Å². The average molecular weight is 330 g/mol. The molecule has 1 unspecified atom stereocenters. The number of rotatable bonds is 5. The van der Waals surface area contributed by atoms with Crippen LogP contribution in [0.2, 0.25) is 0 Å². The van der Waals surface area contributed by atoms with Crippen molar-refractivity contribution >= 4 is 15.9 Å². The summed E-state index contributed by atoms with van der Waals surface area (Å²) in [6, 6.07) is 5.23. The van der Waals surface area contributed by atoms with Crippen molar-refractivity contribution in [2.45, 2.75) is 19.8 Å². The van der Waals surface area contributed by atoms with Gasteiger partial charge >= 0.3 is 0 Å². The van der Waals surface area contributed by atoms with Crippen molar-refractivity contribution in [1.29, 1.82) is 0 Å². The molecule has 1 amide bonds. The van der Waals surface area contributed by atoms with Crippen LogP contribution in [-0.2, 0) is 14.8 Å². The highest BCUT2D eigenvalue weighted by Crippen LogP contribution is 2.20. The van der Waals surface area contributed by atoms with Crippen molar-refractivity contribution < 1.29 is 22.4 Å². The van der Waals surface area contributed by atoms with Crippen LogP contribution in [0.15, 0.2) is 24.3 Å². The van der Waals surface area contributed by atoms with Gasteiger partial charge in [0.05, 0.1) is 11.7 Å². The van der Waals surface area contributed by atoms with E-state index in [4.69, 9.17) is 4.84 Å². The van der Waals surface area contributed by atoms with E-state index < -0.39 is 21.8 Å². The van der Waals surface area contributed by atoms with Crippen LogP contribution in [0.1, 0.15) is 19.8 Å². The minimum Gasteiger partial charge on any atom is -0.380 e. The first-order valence-corrected chi connectivity index (χ1v) is 8.73. The molecule has 2 rings (SSSR count). The average Bonchev–Trinajstić information content (AvgIpc) is 2.54. The predicted molar refractivity (Wildman–Crippen MR) is 78.9 cm³/mol. The molecule has 0 aromatic heterocycles. The molecule has 122 valence electrons. The van der Waals surface area contributed by atoms with Gasteiger partial charge in [-0.2, -0.15) is 5.48 Å². The second-order valence-electron chi connectivity index (χ2n) is 5.12. The van der Waals surface area contributed by atoms with Gasteiger partial charge in [-0.15, -0.1) is 0 Å². The maximum atomic E-state index is 12.8. The third kappa shape index (κ3) is 4.17. The van der Waals surface area contributed by atoms with Gasteiger partial charge in [-0.05, 0) is 44.0 Å². The second-order valence-corrected chi connectivity index (χ2v) is 7.38. The van der Waals surface area contributed by atoms with E-state index in [0.717, 1.165) is 0 Å². The van der Waals surface area contributed by atoms with Crippen LogP contribution in [-0.4, -0.2) is 37.5 Å². The molecule has 8 heteroatoms. The first-order chi connectivity index (χ1) is 10.4. The number of amides is 1.